The molecule has 8 nitrogen and oxygen atoms in total. The summed E-state index contributed by atoms with van der Waals surface area (Å²) < 4.78 is 0. The van der Waals surface area contributed by atoms with Crippen molar-refractivity contribution in [2.24, 2.45) is 0 Å². The second-order valence-corrected chi connectivity index (χ2v) is 6.55. The number of nitro benzene ring substituents is 1. The molecule has 3 N–H and O–H groups in total. The average Bonchev–Trinajstić information content (AvgIpc) is 2.83. The van der Waals surface area contributed by atoms with Gasteiger partial charge in [-0.2, -0.15) is 0 Å². The van der Waals surface area contributed by atoms with Gasteiger partial charge >= 0.3 is 0 Å². The first kappa shape index (κ1) is 22.0. The van der Waals surface area contributed by atoms with Crippen molar-refractivity contribution in [3.8, 4) is 0 Å². The molecule has 0 saturated carbocycles. The lowest BCUT2D eigenvalue weighted by Gasteiger charge is -2.12. The number of hydrogen-bond donors (Lipinski definition) is 3. The van der Waals surface area contributed by atoms with Gasteiger partial charge in [0.1, 0.15) is 5.70 Å². The van der Waals surface area contributed by atoms with Gasteiger partial charge in [0.2, 0.25) is 0 Å². The monoisotopic (exact) mass is 428 g/mol. The smallest absolute Gasteiger partial charge is 0.286 e. The maximum atomic E-state index is 12.7. The molecule has 0 aromatic heterocycles. The summed E-state index contributed by atoms with van der Waals surface area (Å²) in [6.45, 7) is 0. The second kappa shape index (κ2) is 10.9. The van der Waals surface area contributed by atoms with Gasteiger partial charge < -0.3 is 5.32 Å². The summed E-state index contributed by atoms with van der Waals surface area (Å²) in [4.78, 5) is 35.5. The molecule has 3 aromatic carbocycles. The highest BCUT2D eigenvalue weighted by atomic mass is 16.6. The van der Waals surface area contributed by atoms with Crippen LogP contribution in [0.1, 0.15) is 15.9 Å². The summed E-state index contributed by atoms with van der Waals surface area (Å²) in [5.74, 6) is -1.03. The zero-order chi connectivity index (χ0) is 22.8. The highest BCUT2D eigenvalue weighted by Crippen LogP contribution is 2.14. The fourth-order valence-corrected chi connectivity index (χ4v) is 2.64. The van der Waals surface area contributed by atoms with E-state index in [0.29, 0.717) is 11.3 Å². The third-order valence-electron chi connectivity index (χ3n) is 4.28. The van der Waals surface area contributed by atoms with Gasteiger partial charge in [-0.05, 0) is 35.9 Å². The Morgan fingerprint density at radius 2 is 1.47 bits per heavy atom. The molecule has 3 aromatic rings. The summed E-state index contributed by atoms with van der Waals surface area (Å²) in [5.41, 5.74) is 6.88. The maximum Gasteiger partial charge on any atom is 0.286 e. The largest absolute Gasteiger partial charge is 0.317 e. The van der Waals surface area contributed by atoms with Gasteiger partial charge in [0.15, 0.2) is 0 Å². The quantitative estimate of drug-likeness (QED) is 0.217. The van der Waals surface area contributed by atoms with E-state index < -0.39 is 16.7 Å². The minimum Gasteiger partial charge on any atom is -0.317 e. The number of rotatable bonds is 8. The summed E-state index contributed by atoms with van der Waals surface area (Å²) in [5, 5.41) is 13.4. The molecule has 0 saturated heterocycles. The molecule has 0 unspecified atom stereocenters. The Labute approximate surface area is 184 Å². The molecular weight excluding hydrogens is 408 g/mol. The number of carbonyl (C=O) groups is 2. The number of carbonyl (C=O) groups excluding carboxylic acids is 2. The Morgan fingerprint density at radius 1 is 0.844 bits per heavy atom. The van der Waals surface area contributed by atoms with Gasteiger partial charge in [-0.1, -0.05) is 60.7 Å². The van der Waals surface area contributed by atoms with Crippen molar-refractivity contribution in [1.29, 1.82) is 0 Å². The van der Waals surface area contributed by atoms with Crippen LogP contribution in [0.15, 0.2) is 103 Å². The Bertz CT molecular complexity index is 1140. The first-order valence-corrected chi connectivity index (χ1v) is 9.63. The van der Waals surface area contributed by atoms with Crippen LogP contribution in [0.3, 0.4) is 0 Å². The van der Waals surface area contributed by atoms with Crippen molar-refractivity contribution < 1.29 is 14.5 Å². The average molecular weight is 428 g/mol. The summed E-state index contributed by atoms with van der Waals surface area (Å²) >= 11 is 0. The van der Waals surface area contributed by atoms with Crippen molar-refractivity contribution in [1.82, 2.24) is 10.7 Å². The van der Waals surface area contributed by atoms with Gasteiger partial charge in [0, 0.05) is 17.7 Å². The second-order valence-electron chi connectivity index (χ2n) is 6.55. The lowest BCUT2D eigenvalue weighted by molar-refractivity contribution is -0.384. The lowest BCUT2D eigenvalue weighted by atomic mass is 10.2. The normalized spacial score (nSPS) is 11.1. The summed E-state index contributed by atoms with van der Waals surface area (Å²) in [6, 6.07) is 23.5. The molecule has 32 heavy (non-hydrogen) atoms. The first-order chi connectivity index (χ1) is 15.5. The van der Waals surface area contributed by atoms with Crippen molar-refractivity contribution >= 4 is 29.3 Å². The SMILES string of the molecule is O=C(NNc1ccc([N+](=O)[O-])cc1)C(=CC=Cc1ccccc1)NC(=O)c1ccccc1. The molecule has 8 heteroatoms. The Kier molecular flexibility index (Phi) is 7.48. The topological polar surface area (TPSA) is 113 Å². The molecule has 160 valence electrons. The molecule has 2 amide bonds. The first-order valence-electron chi connectivity index (χ1n) is 9.63. The van der Waals surface area contributed by atoms with Gasteiger partial charge in [-0.15, -0.1) is 0 Å². The van der Waals surface area contributed by atoms with E-state index in [2.05, 4.69) is 16.2 Å². The van der Waals surface area contributed by atoms with Crippen LogP contribution in [0.4, 0.5) is 11.4 Å². The summed E-state index contributed by atoms with van der Waals surface area (Å²) in [7, 11) is 0. The van der Waals surface area contributed by atoms with Gasteiger partial charge in [0.25, 0.3) is 17.5 Å². The van der Waals surface area contributed by atoms with Crippen LogP contribution >= 0.6 is 0 Å². The Hall–Kier alpha value is -4.72. The minimum absolute atomic E-state index is 0.0143. The lowest BCUT2D eigenvalue weighted by Crippen LogP contribution is -2.37. The molecular formula is C24H20N4O4. The number of nitrogens with one attached hydrogen (secondary N) is 3. The molecule has 0 aliphatic carbocycles. The predicted octanol–water partition coefficient (Wildman–Crippen LogP) is 4.07. The maximum absolute atomic E-state index is 12.7. The predicted molar refractivity (Wildman–Crippen MR) is 122 cm³/mol. The Balaban J connectivity index is 1.73. The summed E-state index contributed by atoms with van der Waals surface area (Å²) in [6.07, 6.45) is 4.94. The van der Waals surface area contributed by atoms with Crippen molar-refractivity contribution in [3.63, 3.8) is 0 Å². The van der Waals surface area contributed by atoms with Crippen molar-refractivity contribution in [2.45, 2.75) is 0 Å². The molecule has 0 heterocycles. The molecule has 0 aliphatic heterocycles. The number of non-ortho nitro benzene ring substituents is 1. The van der Waals surface area contributed by atoms with Crippen molar-refractivity contribution in [3.05, 3.63) is 124 Å². The standard InChI is InChI=1S/C24H20N4O4/c29-23(19-11-5-2-6-12-19)25-22(13-7-10-18-8-3-1-4-9-18)24(30)27-26-20-14-16-21(17-15-20)28(31)32/h1-17,26H,(H,25,29)(H,27,30). The van der Waals surface area contributed by atoms with E-state index in [1.165, 1.54) is 30.3 Å². The van der Waals surface area contributed by atoms with E-state index >= 15 is 0 Å². The van der Waals surface area contributed by atoms with E-state index in [9.17, 15) is 19.7 Å². The van der Waals surface area contributed by atoms with E-state index in [1.807, 2.05) is 30.3 Å². The zero-order valence-corrected chi connectivity index (χ0v) is 16.9. The fourth-order valence-electron chi connectivity index (χ4n) is 2.64. The van der Waals surface area contributed by atoms with Crippen LogP contribution in [-0.2, 0) is 4.79 Å². The van der Waals surface area contributed by atoms with Crippen LogP contribution in [0.25, 0.3) is 6.08 Å². The van der Waals surface area contributed by atoms with Crippen LogP contribution in [0, 0.1) is 10.1 Å². The molecule has 0 aliphatic rings. The third kappa shape index (κ3) is 6.39. The number of nitro groups is 1. The van der Waals surface area contributed by atoms with Crippen LogP contribution in [0.5, 0.6) is 0 Å². The molecule has 0 fully saturated rings. The number of nitrogens with zero attached hydrogens (tertiary/aromatic N) is 1. The number of hydrogen-bond acceptors (Lipinski definition) is 5. The number of allylic oxidation sites excluding steroid dienone is 2. The van der Waals surface area contributed by atoms with Crippen molar-refractivity contribution in [2.75, 3.05) is 5.43 Å². The van der Waals surface area contributed by atoms with E-state index in [-0.39, 0.29) is 11.4 Å². The van der Waals surface area contributed by atoms with E-state index in [1.54, 1.807) is 42.5 Å². The highest BCUT2D eigenvalue weighted by molar-refractivity contribution is 6.03. The molecule has 0 atom stereocenters. The number of anilines is 1. The van der Waals surface area contributed by atoms with Gasteiger partial charge in [-0.25, -0.2) is 0 Å². The van der Waals surface area contributed by atoms with Crippen LogP contribution in [0.2, 0.25) is 0 Å². The zero-order valence-electron chi connectivity index (χ0n) is 16.9. The molecule has 0 spiro atoms. The van der Waals surface area contributed by atoms with E-state index in [4.69, 9.17) is 0 Å². The highest BCUT2D eigenvalue weighted by Gasteiger charge is 2.14. The Morgan fingerprint density at radius 3 is 2.09 bits per heavy atom. The molecule has 0 bridgehead atoms. The number of amides is 2. The number of benzene rings is 3. The molecule has 3 rings (SSSR count). The fraction of sp³-hybridized carbons (Fsp3) is 0. The van der Waals surface area contributed by atoms with E-state index in [0.717, 1.165) is 5.56 Å². The number of hydrazine groups is 1. The van der Waals surface area contributed by atoms with Crippen LogP contribution in [-0.4, -0.2) is 16.7 Å². The molecule has 0 radical (unpaired) electrons. The van der Waals surface area contributed by atoms with Gasteiger partial charge in [0.05, 0.1) is 10.6 Å². The van der Waals surface area contributed by atoms with Gasteiger partial charge in [-0.3, -0.25) is 30.6 Å². The third-order valence-corrected chi connectivity index (χ3v) is 4.28. The van der Waals surface area contributed by atoms with Crippen LogP contribution < -0.4 is 16.2 Å². The minimum atomic E-state index is -0.592.